The fourth-order valence-electron chi connectivity index (χ4n) is 1.71. The molecule has 0 fully saturated rings. The highest BCUT2D eigenvalue weighted by atomic mass is 15.2. The summed E-state index contributed by atoms with van der Waals surface area (Å²) in [5, 5.41) is 3.15. The van der Waals surface area contributed by atoms with Crippen LogP contribution >= 0.6 is 0 Å². The van der Waals surface area contributed by atoms with E-state index in [4.69, 9.17) is 0 Å². The molecule has 1 N–H and O–H groups in total. The molecule has 0 atom stereocenters. The Morgan fingerprint density at radius 1 is 1.29 bits per heavy atom. The first-order valence-corrected chi connectivity index (χ1v) is 6.38. The smallest absolute Gasteiger partial charge is 0.224 e. The van der Waals surface area contributed by atoms with Gasteiger partial charge in [0.1, 0.15) is 5.82 Å². The first kappa shape index (κ1) is 13.7. The maximum atomic E-state index is 4.54. The zero-order valence-electron chi connectivity index (χ0n) is 11.6. The number of nitrogens with one attached hydrogen (secondary N) is 1. The van der Waals surface area contributed by atoms with Crippen LogP contribution in [0.4, 0.5) is 11.8 Å². The average molecular weight is 236 g/mol. The summed E-state index contributed by atoms with van der Waals surface area (Å²) >= 11 is 0. The predicted octanol–water partition coefficient (Wildman–Crippen LogP) is 2.78. The number of hydrogen-bond acceptors (Lipinski definition) is 4. The van der Waals surface area contributed by atoms with Crippen LogP contribution in [0.3, 0.4) is 0 Å². The van der Waals surface area contributed by atoms with Crippen molar-refractivity contribution in [1.82, 2.24) is 9.97 Å². The predicted molar refractivity (Wildman–Crippen MR) is 73.5 cm³/mol. The van der Waals surface area contributed by atoms with E-state index < -0.39 is 0 Å². The maximum Gasteiger partial charge on any atom is 0.224 e. The molecule has 1 heterocycles. The van der Waals surface area contributed by atoms with E-state index in [2.05, 4.69) is 47.9 Å². The largest absolute Gasteiger partial charge is 0.354 e. The molecule has 0 radical (unpaired) electrons. The van der Waals surface area contributed by atoms with Crippen LogP contribution in [0.1, 0.15) is 34.6 Å². The van der Waals surface area contributed by atoms with E-state index in [0.29, 0.717) is 17.9 Å². The number of nitrogens with zero attached hydrogens (tertiary/aromatic N) is 3. The molecule has 0 aromatic carbocycles. The highest BCUT2D eigenvalue weighted by Gasteiger charge is 2.13. The van der Waals surface area contributed by atoms with E-state index >= 15 is 0 Å². The van der Waals surface area contributed by atoms with Crippen molar-refractivity contribution in [2.75, 3.05) is 23.3 Å². The summed E-state index contributed by atoms with van der Waals surface area (Å²) in [5.41, 5.74) is 0. The zero-order chi connectivity index (χ0) is 12.8. The molecule has 1 aromatic heterocycles. The third-order valence-electron chi connectivity index (χ3n) is 2.46. The van der Waals surface area contributed by atoms with Gasteiger partial charge in [0.15, 0.2) is 0 Å². The third kappa shape index (κ3) is 4.21. The number of anilines is 2. The van der Waals surface area contributed by atoms with Crippen LogP contribution < -0.4 is 10.2 Å². The van der Waals surface area contributed by atoms with Gasteiger partial charge in [-0.05, 0) is 32.8 Å². The molecule has 0 spiro atoms. The molecule has 0 bridgehead atoms. The van der Waals surface area contributed by atoms with Gasteiger partial charge in [0.05, 0.1) is 0 Å². The van der Waals surface area contributed by atoms with Crippen molar-refractivity contribution in [1.29, 1.82) is 0 Å². The Kier molecular flexibility index (Phi) is 5.19. The van der Waals surface area contributed by atoms with Crippen molar-refractivity contribution in [3.05, 3.63) is 12.3 Å². The summed E-state index contributed by atoms with van der Waals surface area (Å²) < 4.78 is 0. The Hall–Kier alpha value is -1.32. The van der Waals surface area contributed by atoms with Gasteiger partial charge in [0, 0.05) is 25.3 Å². The van der Waals surface area contributed by atoms with Crippen LogP contribution in [0.2, 0.25) is 0 Å². The lowest BCUT2D eigenvalue weighted by Crippen LogP contribution is -2.35. The van der Waals surface area contributed by atoms with Gasteiger partial charge in [-0.1, -0.05) is 13.8 Å². The number of aromatic nitrogens is 2. The Balaban J connectivity index is 2.89. The van der Waals surface area contributed by atoms with Crippen molar-refractivity contribution in [3.8, 4) is 0 Å². The lowest BCUT2D eigenvalue weighted by Gasteiger charge is -2.29. The molecule has 0 aliphatic heterocycles. The van der Waals surface area contributed by atoms with Gasteiger partial charge in [0.25, 0.3) is 0 Å². The van der Waals surface area contributed by atoms with Crippen LogP contribution in [0.15, 0.2) is 12.3 Å². The van der Waals surface area contributed by atoms with E-state index in [9.17, 15) is 0 Å². The van der Waals surface area contributed by atoms with Crippen LogP contribution in [0, 0.1) is 5.92 Å². The minimum Gasteiger partial charge on any atom is -0.354 e. The molecule has 96 valence electrons. The van der Waals surface area contributed by atoms with Gasteiger partial charge >= 0.3 is 0 Å². The fourth-order valence-corrected chi connectivity index (χ4v) is 1.71. The summed E-state index contributed by atoms with van der Waals surface area (Å²) in [7, 11) is 0. The minimum atomic E-state index is 0.446. The molecule has 4 nitrogen and oxygen atoms in total. The van der Waals surface area contributed by atoms with Gasteiger partial charge in [-0.3, -0.25) is 0 Å². The van der Waals surface area contributed by atoms with Gasteiger partial charge < -0.3 is 10.2 Å². The maximum absolute atomic E-state index is 4.54. The van der Waals surface area contributed by atoms with Gasteiger partial charge in [-0.25, -0.2) is 4.98 Å². The standard InChI is InChI=1S/C13H24N4/c1-6-14-13-15-8-7-12(16-13)17(11(4)5)9-10(2)3/h7-8,10-11H,6,9H2,1-5H3,(H,14,15,16). The first-order valence-electron chi connectivity index (χ1n) is 6.38. The van der Waals surface area contributed by atoms with Crippen molar-refractivity contribution < 1.29 is 0 Å². The summed E-state index contributed by atoms with van der Waals surface area (Å²) in [6.45, 7) is 12.7. The average Bonchev–Trinajstić information content (AvgIpc) is 2.26. The fraction of sp³-hybridized carbons (Fsp3) is 0.692. The van der Waals surface area contributed by atoms with Crippen molar-refractivity contribution >= 4 is 11.8 Å². The summed E-state index contributed by atoms with van der Waals surface area (Å²) in [4.78, 5) is 11.1. The number of hydrogen-bond donors (Lipinski definition) is 1. The van der Waals surface area contributed by atoms with E-state index in [-0.39, 0.29) is 0 Å². The van der Waals surface area contributed by atoms with E-state index in [1.54, 1.807) is 0 Å². The summed E-state index contributed by atoms with van der Waals surface area (Å²) in [6, 6.07) is 2.42. The Morgan fingerprint density at radius 3 is 2.53 bits per heavy atom. The molecular weight excluding hydrogens is 212 g/mol. The second kappa shape index (κ2) is 6.42. The second-order valence-electron chi connectivity index (χ2n) is 4.91. The highest BCUT2D eigenvalue weighted by molar-refractivity contribution is 5.43. The monoisotopic (exact) mass is 236 g/mol. The topological polar surface area (TPSA) is 41.1 Å². The molecule has 0 aliphatic rings. The molecular formula is C13H24N4. The van der Waals surface area contributed by atoms with E-state index in [1.165, 1.54) is 0 Å². The Morgan fingerprint density at radius 2 is 2.00 bits per heavy atom. The van der Waals surface area contributed by atoms with Crippen molar-refractivity contribution in [2.24, 2.45) is 5.92 Å². The normalized spacial score (nSPS) is 11.0. The third-order valence-corrected chi connectivity index (χ3v) is 2.46. The molecule has 1 aromatic rings. The number of rotatable bonds is 6. The van der Waals surface area contributed by atoms with Crippen LogP contribution in [0.25, 0.3) is 0 Å². The molecule has 0 saturated heterocycles. The quantitative estimate of drug-likeness (QED) is 0.824. The van der Waals surface area contributed by atoms with Crippen molar-refractivity contribution in [3.63, 3.8) is 0 Å². The molecule has 0 saturated carbocycles. The summed E-state index contributed by atoms with van der Waals surface area (Å²) in [6.07, 6.45) is 1.82. The van der Waals surface area contributed by atoms with Gasteiger partial charge in [0.2, 0.25) is 5.95 Å². The first-order chi connectivity index (χ1) is 8.04. The second-order valence-corrected chi connectivity index (χ2v) is 4.91. The SMILES string of the molecule is CCNc1nccc(N(CC(C)C)C(C)C)n1. The van der Waals surface area contributed by atoms with Gasteiger partial charge in [-0.15, -0.1) is 0 Å². The Bertz CT molecular complexity index is 336. The molecule has 0 aliphatic carbocycles. The molecule has 17 heavy (non-hydrogen) atoms. The molecule has 1 rings (SSSR count). The van der Waals surface area contributed by atoms with Gasteiger partial charge in [-0.2, -0.15) is 4.98 Å². The van der Waals surface area contributed by atoms with Crippen LogP contribution in [0.5, 0.6) is 0 Å². The molecule has 0 unspecified atom stereocenters. The Labute approximate surface area is 104 Å². The lowest BCUT2D eigenvalue weighted by molar-refractivity contribution is 0.566. The lowest BCUT2D eigenvalue weighted by atomic mass is 10.2. The molecule has 4 heteroatoms. The molecule has 0 amide bonds. The summed E-state index contributed by atoms with van der Waals surface area (Å²) in [5.74, 6) is 2.33. The van der Waals surface area contributed by atoms with Crippen molar-refractivity contribution in [2.45, 2.75) is 40.7 Å². The highest BCUT2D eigenvalue weighted by Crippen LogP contribution is 2.16. The minimum absolute atomic E-state index is 0.446. The van der Waals surface area contributed by atoms with Crippen LogP contribution in [-0.2, 0) is 0 Å². The van der Waals surface area contributed by atoms with E-state index in [1.807, 2.05) is 19.2 Å². The zero-order valence-corrected chi connectivity index (χ0v) is 11.6. The van der Waals surface area contributed by atoms with E-state index in [0.717, 1.165) is 18.9 Å². The van der Waals surface area contributed by atoms with Crippen LogP contribution in [-0.4, -0.2) is 29.1 Å².